The van der Waals surface area contributed by atoms with Gasteiger partial charge in [-0.2, -0.15) is 0 Å². The zero-order valence-corrected chi connectivity index (χ0v) is 68.2. The van der Waals surface area contributed by atoms with Gasteiger partial charge in [-0.25, -0.2) is 0 Å². The molecule has 0 aliphatic heterocycles. The zero-order valence-electron chi connectivity index (χ0n) is 68.2. The van der Waals surface area contributed by atoms with Crippen LogP contribution in [-0.4, -0.2) is 82.3 Å². The Morgan fingerprint density at radius 3 is 0.825 bits per heavy atom. The molecular weight excluding hydrogens is 1270 g/mol. The molecule has 0 aromatic heterocycles. The first kappa shape index (κ1) is 98.7. The number of nitrogens with zero attached hydrogens (tertiary/aromatic N) is 1. The van der Waals surface area contributed by atoms with E-state index in [9.17, 15) is 19.5 Å². The SMILES string of the molecule is CC/C=C\C/C=C\C/C=C\C/C=C\C/C=C\C/C=C\C/C=C\C/C=C\C/C=C\C/C=C\CCCCCCCCCCCCC(=O)OC(COC(=O)CCCCCCCCCCCCCCCCCCCCCCCCCCCCCCCCCCCCCCC)COC(OCC[N+](C)(C)C)C(=O)[O-]. The Morgan fingerprint density at radius 2 is 0.553 bits per heavy atom. The second kappa shape index (κ2) is 83.3. The molecule has 0 aliphatic rings. The Labute approximate surface area is 637 Å². The topological polar surface area (TPSA) is 111 Å². The standard InChI is InChI=1S/C94H165NO8/c1-6-8-10-12-14-16-18-20-22-24-26-28-30-32-34-36-38-40-42-44-45-46-47-49-51-53-55-57-59-61-63-65-67-69-71-73-75-77-79-81-83-85-92(97)103-90(89-102-94(93(98)99)100-87-86-95(3,4)5)88-101-91(96)84-82-80-78-76-74-72-70-68-66-64-62-60-58-56-54-52-50-48-43-41-39-37-35-33-31-29-27-25-23-21-19-17-15-13-11-9-7-2/h8,10,14,16,20,22,26,28,32,34,38,40,44-45,47,49,53,55,59,61,90,94H,6-7,9,11-13,15,17-19,21,23-25,27,29-31,33,35-37,39,41-43,46,48,50-52,54,56-58,60,62-89H2,1-5H3/b10-8-,16-14-,22-20-,28-26-,34-32-,40-38-,45-44-,49-47-,55-53-,61-59-. The molecule has 0 heterocycles. The lowest BCUT2D eigenvalue weighted by Crippen LogP contribution is -2.44. The van der Waals surface area contributed by atoms with E-state index in [1.165, 1.54) is 257 Å². The summed E-state index contributed by atoms with van der Waals surface area (Å²) in [4.78, 5) is 37.7. The Balaban J connectivity index is 4.01. The summed E-state index contributed by atoms with van der Waals surface area (Å²) in [5.41, 5.74) is 0. The number of likely N-dealkylation sites (N-methyl/N-ethyl adjacent to an activating group) is 1. The summed E-state index contributed by atoms with van der Waals surface area (Å²) in [5.74, 6) is -2.27. The number of aliphatic carboxylic acids is 1. The first-order valence-corrected chi connectivity index (χ1v) is 43.7. The first-order valence-electron chi connectivity index (χ1n) is 43.7. The van der Waals surface area contributed by atoms with Crippen LogP contribution in [0.1, 0.15) is 399 Å². The molecule has 594 valence electrons. The molecule has 0 amide bonds. The van der Waals surface area contributed by atoms with Crippen molar-refractivity contribution in [3.05, 3.63) is 122 Å². The fraction of sp³-hybridized carbons (Fsp3) is 0.755. The van der Waals surface area contributed by atoms with E-state index in [0.717, 1.165) is 109 Å². The van der Waals surface area contributed by atoms with Crippen molar-refractivity contribution in [2.24, 2.45) is 0 Å². The summed E-state index contributed by atoms with van der Waals surface area (Å²) in [6.07, 6.45) is 116. The predicted molar refractivity (Wildman–Crippen MR) is 444 cm³/mol. The lowest BCUT2D eigenvalue weighted by Gasteiger charge is -2.26. The molecule has 0 saturated carbocycles. The number of carbonyl (C=O) groups excluding carboxylic acids is 3. The minimum Gasteiger partial charge on any atom is -0.545 e. The molecule has 0 radical (unpaired) electrons. The lowest BCUT2D eigenvalue weighted by atomic mass is 10.0. The van der Waals surface area contributed by atoms with Gasteiger partial charge in [-0.1, -0.05) is 418 Å². The number of quaternary nitrogens is 1. The number of carboxylic acid groups (broad SMARTS) is 1. The van der Waals surface area contributed by atoms with Crippen LogP contribution in [0.4, 0.5) is 0 Å². The van der Waals surface area contributed by atoms with Crippen LogP contribution in [0.25, 0.3) is 0 Å². The van der Waals surface area contributed by atoms with Crippen LogP contribution in [0, 0.1) is 0 Å². The van der Waals surface area contributed by atoms with Gasteiger partial charge in [0.15, 0.2) is 12.4 Å². The minimum absolute atomic E-state index is 0.144. The van der Waals surface area contributed by atoms with Crippen molar-refractivity contribution in [1.82, 2.24) is 0 Å². The third-order valence-corrected chi connectivity index (χ3v) is 19.2. The maximum atomic E-state index is 13.0. The van der Waals surface area contributed by atoms with Gasteiger partial charge in [-0.05, 0) is 89.9 Å². The molecular formula is C94H165NO8. The van der Waals surface area contributed by atoms with Crippen molar-refractivity contribution in [3.8, 4) is 0 Å². The summed E-state index contributed by atoms with van der Waals surface area (Å²) in [6.45, 7) is 4.68. The molecule has 0 rings (SSSR count). The van der Waals surface area contributed by atoms with Crippen LogP contribution in [0.2, 0.25) is 0 Å². The highest BCUT2D eigenvalue weighted by Crippen LogP contribution is 2.20. The molecule has 0 aromatic carbocycles. The maximum absolute atomic E-state index is 13.0. The van der Waals surface area contributed by atoms with Crippen LogP contribution >= 0.6 is 0 Å². The number of hydrogen-bond donors (Lipinski definition) is 0. The third-order valence-electron chi connectivity index (χ3n) is 19.2. The number of rotatable bonds is 81. The summed E-state index contributed by atoms with van der Waals surface area (Å²) in [5, 5.41) is 11.9. The molecule has 2 atom stereocenters. The van der Waals surface area contributed by atoms with Gasteiger partial charge in [0.25, 0.3) is 0 Å². The van der Waals surface area contributed by atoms with Crippen molar-refractivity contribution < 1.29 is 42.9 Å². The fourth-order valence-electron chi connectivity index (χ4n) is 12.6. The van der Waals surface area contributed by atoms with Crippen LogP contribution in [0.3, 0.4) is 0 Å². The maximum Gasteiger partial charge on any atom is 0.306 e. The summed E-state index contributed by atoms with van der Waals surface area (Å²) in [6, 6.07) is 0. The molecule has 0 N–H and O–H groups in total. The van der Waals surface area contributed by atoms with E-state index in [4.69, 9.17) is 18.9 Å². The van der Waals surface area contributed by atoms with Gasteiger partial charge < -0.3 is 33.3 Å². The number of ether oxygens (including phenoxy) is 4. The highest BCUT2D eigenvalue weighted by molar-refractivity contribution is 5.70. The molecule has 9 nitrogen and oxygen atoms in total. The molecule has 0 aliphatic carbocycles. The summed E-state index contributed by atoms with van der Waals surface area (Å²) in [7, 11) is 5.94. The van der Waals surface area contributed by atoms with Crippen molar-refractivity contribution in [1.29, 1.82) is 0 Å². The number of carbonyl (C=O) groups is 3. The molecule has 0 saturated heterocycles. The normalized spacial score (nSPS) is 13.2. The van der Waals surface area contributed by atoms with E-state index in [2.05, 4.69) is 135 Å². The number of unbranched alkanes of at least 4 members (excludes halogenated alkanes) is 46. The summed E-state index contributed by atoms with van der Waals surface area (Å²) < 4.78 is 22.9. The fourth-order valence-corrected chi connectivity index (χ4v) is 12.6. The van der Waals surface area contributed by atoms with E-state index in [-0.39, 0.29) is 32.2 Å². The molecule has 0 fully saturated rings. The molecule has 0 bridgehead atoms. The number of carboxylic acids is 1. The monoisotopic (exact) mass is 1440 g/mol. The Kier molecular flexibility index (Phi) is 79.8. The van der Waals surface area contributed by atoms with Crippen LogP contribution in [0.15, 0.2) is 122 Å². The van der Waals surface area contributed by atoms with E-state index in [0.29, 0.717) is 23.9 Å². The van der Waals surface area contributed by atoms with Gasteiger partial charge in [0.1, 0.15) is 13.2 Å². The third kappa shape index (κ3) is 84.8. The van der Waals surface area contributed by atoms with Gasteiger partial charge in [0.2, 0.25) is 0 Å². The number of allylic oxidation sites excluding steroid dienone is 20. The van der Waals surface area contributed by atoms with Gasteiger partial charge in [-0.3, -0.25) is 9.59 Å². The summed E-state index contributed by atoms with van der Waals surface area (Å²) >= 11 is 0. The van der Waals surface area contributed by atoms with E-state index >= 15 is 0 Å². The van der Waals surface area contributed by atoms with Crippen LogP contribution in [-0.2, 0) is 33.3 Å². The molecule has 0 spiro atoms. The predicted octanol–water partition coefficient (Wildman–Crippen LogP) is 27.3. The van der Waals surface area contributed by atoms with Crippen molar-refractivity contribution in [2.45, 2.75) is 411 Å². The first-order chi connectivity index (χ1) is 50.6. The molecule has 0 aromatic rings. The smallest absolute Gasteiger partial charge is 0.306 e. The Bertz CT molecular complexity index is 2120. The second-order valence-corrected chi connectivity index (χ2v) is 30.5. The second-order valence-electron chi connectivity index (χ2n) is 30.5. The molecule has 103 heavy (non-hydrogen) atoms. The quantitative estimate of drug-likeness (QED) is 0.0195. The minimum atomic E-state index is -1.63. The average molecular weight is 1440 g/mol. The molecule has 9 heteroatoms. The Morgan fingerprint density at radius 1 is 0.301 bits per heavy atom. The van der Waals surface area contributed by atoms with Crippen molar-refractivity contribution >= 4 is 17.9 Å². The number of esters is 2. The lowest BCUT2D eigenvalue weighted by molar-refractivity contribution is -0.870. The molecule has 2 unspecified atom stereocenters. The van der Waals surface area contributed by atoms with Crippen molar-refractivity contribution in [3.63, 3.8) is 0 Å². The van der Waals surface area contributed by atoms with E-state index in [1.54, 1.807) is 0 Å². The van der Waals surface area contributed by atoms with Gasteiger partial charge in [0, 0.05) is 12.8 Å². The Hall–Kier alpha value is -4.31. The van der Waals surface area contributed by atoms with Crippen LogP contribution in [0.5, 0.6) is 0 Å². The zero-order chi connectivity index (χ0) is 74.6. The van der Waals surface area contributed by atoms with E-state index in [1.807, 2.05) is 21.1 Å². The van der Waals surface area contributed by atoms with Gasteiger partial charge in [-0.15, -0.1) is 0 Å². The highest BCUT2D eigenvalue weighted by atomic mass is 16.7. The van der Waals surface area contributed by atoms with Crippen LogP contribution < -0.4 is 5.11 Å². The van der Waals surface area contributed by atoms with E-state index < -0.39 is 24.3 Å². The largest absolute Gasteiger partial charge is 0.545 e. The average Bonchev–Trinajstić information content (AvgIpc) is 1.01. The number of hydrogen-bond acceptors (Lipinski definition) is 8. The van der Waals surface area contributed by atoms with Gasteiger partial charge in [0.05, 0.1) is 40.3 Å². The van der Waals surface area contributed by atoms with Crippen molar-refractivity contribution in [2.75, 3.05) is 47.5 Å². The highest BCUT2D eigenvalue weighted by Gasteiger charge is 2.22. The van der Waals surface area contributed by atoms with Gasteiger partial charge >= 0.3 is 11.9 Å².